The van der Waals surface area contributed by atoms with E-state index in [9.17, 15) is 4.79 Å². The Morgan fingerprint density at radius 1 is 1.47 bits per heavy atom. The van der Waals surface area contributed by atoms with E-state index in [-0.39, 0.29) is 5.91 Å². The zero-order valence-corrected chi connectivity index (χ0v) is 11.8. The quantitative estimate of drug-likeness (QED) is 0.910. The summed E-state index contributed by atoms with van der Waals surface area (Å²) in [5.74, 6) is 0.685. The van der Waals surface area contributed by atoms with Crippen LogP contribution in [0.2, 0.25) is 0 Å². The van der Waals surface area contributed by atoms with Gasteiger partial charge in [-0.15, -0.1) is 11.3 Å². The third-order valence-corrected chi connectivity index (χ3v) is 3.23. The van der Waals surface area contributed by atoms with Crippen LogP contribution in [0, 0.1) is 0 Å². The molecule has 0 aliphatic heterocycles. The molecule has 0 unspecified atom stereocenters. The summed E-state index contributed by atoms with van der Waals surface area (Å²) in [5.41, 5.74) is 3.30. The number of nitrogens with zero attached hydrogens (tertiary/aromatic N) is 3. The van der Waals surface area contributed by atoms with Crippen molar-refractivity contribution in [3.05, 3.63) is 40.5 Å². The highest BCUT2D eigenvalue weighted by molar-refractivity contribution is 7.07. The van der Waals surface area contributed by atoms with E-state index in [1.165, 1.54) is 11.3 Å². The first kappa shape index (κ1) is 13.5. The summed E-state index contributed by atoms with van der Waals surface area (Å²) >= 11 is 1.53. The molecule has 0 saturated carbocycles. The number of rotatable bonds is 5. The van der Waals surface area contributed by atoms with Gasteiger partial charge in [0.05, 0.1) is 17.7 Å². The minimum absolute atomic E-state index is 0.0328. The van der Waals surface area contributed by atoms with Crippen LogP contribution in [0.4, 0.5) is 5.82 Å². The van der Waals surface area contributed by atoms with Crippen molar-refractivity contribution in [2.24, 2.45) is 0 Å². The molecule has 6 heteroatoms. The monoisotopic (exact) mass is 276 g/mol. The lowest BCUT2D eigenvalue weighted by Gasteiger charge is -2.16. The summed E-state index contributed by atoms with van der Waals surface area (Å²) in [6, 6.07) is 3.49. The molecule has 2 heterocycles. The Morgan fingerprint density at radius 3 is 3.00 bits per heavy atom. The van der Waals surface area contributed by atoms with E-state index in [1.54, 1.807) is 35.8 Å². The number of hydrogen-bond acceptors (Lipinski definition) is 5. The number of aromatic nitrogens is 2. The Kier molecular flexibility index (Phi) is 4.46. The largest absolute Gasteiger partial charge is 0.370 e. The maximum Gasteiger partial charge on any atom is 0.254 e. The molecular weight excluding hydrogens is 260 g/mol. The highest BCUT2D eigenvalue weighted by Gasteiger charge is 2.13. The molecule has 19 heavy (non-hydrogen) atoms. The number of anilines is 1. The number of carbonyl (C=O) groups excluding carboxylic acids is 1. The molecule has 0 saturated heterocycles. The smallest absolute Gasteiger partial charge is 0.254 e. The van der Waals surface area contributed by atoms with Gasteiger partial charge < -0.3 is 10.2 Å². The van der Waals surface area contributed by atoms with E-state index in [0.717, 1.165) is 18.1 Å². The van der Waals surface area contributed by atoms with Gasteiger partial charge in [-0.25, -0.2) is 9.97 Å². The average Bonchev–Trinajstić information content (AvgIpc) is 2.91. The van der Waals surface area contributed by atoms with Crippen molar-refractivity contribution in [2.45, 2.75) is 13.5 Å². The summed E-state index contributed by atoms with van der Waals surface area (Å²) in [7, 11) is 1.77. The molecule has 0 spiro atoms. The van der Waals surface area contributed by atoms with Crippen molar-refractivity contribution in [1.29, 1.82) is 0 Å². The maximum atomic E-state index is 12.3. The summed E-state index contributed by atoms with van der Waals surface area (Å²) in [4.78, 5) is 22.3. The van der Waals surface area contributed by atoms with Crippen LogP contribution in [0.3, 0.4) is 0 Å². The molecule has 2 aromatic rings. The molecule has 5 nitrogen and oxygen atoms in total. The van der Waals surface area contributed by atoms with Gasteiger partial charge in [0.2, 0.25) is 0 Å². The van der Waals surface area contributed by atoms with Gasteiger partial charge in [-0.1, -0.05) is 0 Å². The summed E-state index contributed by atoms with van der Waals surface area (Å²) in [6.07, 6.45) is 1.64. The Hall–Kier alpha value is -1.95. The molecule has 2 aromatic heterocycles. The predicted molar refractivity (Wildman–Crippen MR) is 76.3 cm³/mol. The maximum absolute atomic E-state index is 12.3. The minimum Gasteiger partial charge on any atom is -0.370 e. The van der Waals surface area contributed by atoms with Crippen molar-refractivity contribution in [1.82, 2.24) is 14.9 Å². The second kappa shape index (κ2) is 6.29. The van der Waals surface area contributed by atoms with Gasteiger partial charge in [-0.2, -0.15) is 0 Å². The van der Waals surface area contributed by atoms with Gasteiger partial charge >= 0.3 is 0 Å². The number of pyridine rings is 1. The molecule has 0 aromatic carbocycles. The zero-order valence-electron chi connectivity index (χ0n) is 11.0. The first-order valence-corrected chi connectivity index (χ1v) is 6.97. The SMILES string of the molecule is CCNc1cc(C(=O)N(C)Cc2cscn2)ccn1. The van der Waals surface area contributed by atoms with Crippen LogP contribution >= 0.6 is 11.3 Å². The van der Waals surface area contributed by atoms with Crippen molar-refractivity contribution >= 4 is 23.1 Å². The number of nitrogens with one attached hydrogen (secondary N) is 1. The van der Waals surface area contributed by atoms with E-state index in [4.69, 9.17) is 0 Å². The third-order valence-electron chi connectivity index (χ3n) is 2.59. The van der Waals surface area contributed by atoms with Gasteiger partial charge in [-0.05, 0) is 19.1 Å². The van der Waals surface area contributed by atoms with E-state index < -0.39 is 0 Å². The molecule has 0 fully saturated rings. The average molecular weight is 276 g/mol. The molecule has 2 rings (SSSR count). The number of thiazole rings is 1. The summed E-state index contributed by atoms with van der Waals surface area (Å²) < 4.78 is 0. The molecule has 1 N–H and O–H groups in total. The molecule has 0 radical (unpaired) electrons. The van der Waals surface area contributed by atoms with Gasteiger partial charge in [0.1, 0.15) is 5.82 Å². The fourth-order valence-electron chi connectivity index (χ4n) is 1.69. The Labute approximate surface area is 116 Å². The number of hydrogen-bond donors (Lipinski definition) is 1. The Morgan fingerprint density at radius 2 is 2.32 bits per heavy atom. The van der Waals surface area contributed by atoms with Crippen molar-refractivity contribution < 1.29 is 4.79 Å². The van der Waals surface area contributed by atoms with Gasteiger partial charge in [0.15, 0.2) is 0 Å². The molecule has 0 bridgehead atoms. The first-order chi connectivity index (χ1) is 9.20. The molecule has 100 valence electrons. The van der Waals surface area contributed by atoms with E-state index in [0.29, 0.717) is 12.1 Å². The Bertz CT molecular complexity index is 541. The predicted octanol–water partition coefficient (Wildman–Crippen LogP) is 2.24. The first-order valence-electron chi connectivity index (χ1n) is 6.03. The van der Waals surface area contributed by atoms with Gasteiger partial charge in [0, 0.05) is 30.7 Å². The molecular formula is C13H16N4OS. The van der Waals surface area contributed by atoms with Crippen LogP contribution < -0.4 is 5.32 Å². The molecule has 0 atom stereocenters. The second-order valence-corrected chi connectivity index (χ2v) is 4.82. The fourth-order valence-corrected chi connectivity index (χ4v) is 2.24. The second-order valence-electron chi connectivity index (χ2n) is 4.10. The normalized spacial score (nSPS) is 10.2. The lowest BCUT2D eigenvalue weighted by Crippen LogP contribution is -2.26. The van der Waals surface area contributed by atoms with Crippen molar-refractivity contribution in [3.8, 4) is 0 Å². The summed E-state index contributed by atoms with van der Waals surface area (Å²) in [5, 5.41) is 5.04. The van der Waals surface area contributed by atoms with Gasteiger partial charge in [-0.3, -0.25) is 4.79 Å². The van der Waals surface area contributed by atoms with Crippen LogP contribution in [0.1, 0.15) is 23.0 Å². The highest BCUT2D eigenvalue weighted by Crippen LogP contribution is 2.11. The molecule has 1 amide bonds. The van der Waals surface area contributed by atoms with Crippen LogP contribution in [-0.2, 0) is 6.54 Å². The lowest BCUT2D eigenvalue weighted by atomic mass is 10.2. The van der Waals surface area contributed by atoms with Crippen LogP contribution in [0.5, 0.6) is 0 Å². The fraction of sp³-hybridized carbons (Fsp3) is 0.308. The van der Waals surface area contributed by atoms with Gasteiger partial charge in [0.25, 0.3) is 5.91 Å². The van der Waals surface area contributed by atoms with Crippen molar-refractivity contribution in [3.63, 3.8) is 0 Å². The topological polar surface area (TPSA) is 58.1 Å². The summed E-state index contributed by atoms with van der Waals surface area (Å²) in [6.45, 7) is 3.28. The van der Waals surface area contributed by atoms with Crippen molar-refractivity contribution in [2.75, 3.05) is 18.9 Å². The highest BCUT2D eigenvalue weighted by atomic mass is 32.1. The molecule has 0 aliphatic rings. The number of amides is 1. The minimum atomic E-state index is -0.0328. The zero-order chi connectivity index (χ0) is 13.7. The number of carbonyl (C=O) groups is 1. The third kappa shape index (κ3) is 3.51. The van der Waals surface area contributed by atoms with Crippen LogP contribution in [0.25, 0.3) is 0 Å². The van der Waals surface area contributed by atoms with Crippen LogP contribution in [-0.4, -0.2) is 34.4 Å². The van der Waals surface area contributed by atoms with Crippen LogP contribution in [0.15, 0.2) is 29.2 Å². The standard InChI is InChI=1S/C13H16N4OS/c1-3-14-12-6-10(4-5-15-12)13(18)17(2)7-11-8-19-9-16-11/h4-6,8-9H,3,7H2,1-2H3,(H,14,15). The van der Waals surface area contributed by atoms with E-state index >= 15 is 0 Å². The lowest BCUT2D eigenvalue weighted by molar-refractivity contribution is 0.0783. The molecule has 0 aliphatic carbocycles. The Balaban J connectivity index is 2.08. The van der Waals surface area contributed by atoms with E-state index in [2.05, 4.69) is 15.3 Å². The van der Waals surface area contributed by atoms with E-state index in [1.807, 2.05) is 12.3 Å².